The lowest BCUT2D eigenvalue weighted by atomic mass is 10.1. The Kier molecular flexibility index (Phi) is 3.51. The molecule has 0 atom stereocenters. The average Bonchev–Trinajstić information content (AvgIpc) is 2.82. The number of hydrogen-bond donors (Lipinski definition) is 1. The molecule has 0 spiro atoms. The Labute approximate surface area is 123 Å². The maximum absolute atomic E-state index is 13.6. The van der Waals surface area contributed by atoms with Crippen LogP contribution in [-0.2, 0) is 19.6 Å². The molecule has 2 nitrogen and oxygen atoms in total. The van der Waals surface area contributed by atoms with Crippen LogP contribution in [0.3, 0.4) is 0 Å². The summed E-state index contributed by atoms with van der Waals surface area (Å²) in [5, 5.41) is 0. The molecule has 3 rings (SSSR count). The summed E-state index contributed by atoms with van der Waals surface area (Å²) < 4.78 is 13.6. The van der Waals surface area contributed by atoms with Gasteiger partial charge in [-0.2, -0.15) is 0 Å². The molecule has 0 saturated carbocycles. The van der Waals surface area contributed by atoms with E-state index in [4.69, 9.17) is 18.0 Å². The number of fused-ring (bicyclic) bond motifs is 1. The minimum Gasteiger partial charge on any atom is -0.389 e. The third-order valence-corrected chi connectivity index (χ3v) is 3.83. The zero-order chi connectivity index (χ0) is 14.1. The molecular formula is C16H15FN2S. The Balaban J connectivity index is 1.77. The van der Waals surface area contributed by atoms with Gasteiger partial charge in [-0.25, -0.2) is 4.39 Å². The molecule has 102 valence electrons. The number of halogens is 1. The fourth-order valence-corrected chi connectivity index (χ4v) is 2.79. The van der Waals surface area contributed by atoms with Gasteiger partial charge in [0.05, 0.1) is 0 Å². The van der Waals surface area contributed by atoms with Crippen molar-refractivity contribution >= 4 is 17.2 Å². The van der Waals surface area contributed by atoms with Crippen molar-refractivity contribution < 1.29 is 4.39 Å². The van der Waals surface area contributed by atoms with E-state index in [1.54, 1.807) is 12.1 Å². The number of nitrogens with two attached hydrogens (primary N) is 1. The third-order valence-electron chi connectivity index (χ3n) is 3.61. The number of hydrogen-bond acceptors (Lipinski definition) is 2. The van der Waals surface area contributed by atoms with Crippen LogP contribution in [0.15, 0.2) is 42.5 Å². The Bertz CT molecular complexity index is 644. The summed E-state index contributed by atoms with van der Waals surface area (Å²) in [5.74, 6) is -0.356. The molecule has 0 bridgehead atoms. The van der Waals surface area contributed by atoms with E-state index in [0.717, 1.165) is 25.2 Å². The Hall–Kier alpha value is -1.78. The lowest BCUT2D eigenvalue weighted by Gasteiger charge is -2.15. The van der Waals surface area contributed by atoms with Gasteiger partial charge in [-0.15, -0.1) is 0 Å². The fraction of sp³-hybridized carbons (Fsp3) is 0.188. The van der Waals surface area contributed by atoms with Crippen LogP contribution < -0.4 is 5.73 Å². The molecule has 0 amide bonds. The number of benzene rings is 2. The standard InChI is InChI=1S/C16H15FN2S/c17-15-6-5-11(7-14(15)16(18)20)8-19-9-12-3-1-2-4-13(12)10-19/h1-7H,8-10H2,(H2,18,20). The molecule has 1 aliphatic rings. The van der Waals surface area contributed by atoms with Crippen LogP contribution in [0.25, 0.3) is 0 Å². The summed E-state index contributed by atoms with van der Waals surface area (Å²) in [6.45, 7) is 2.62. The topological polar surface area (TPSA) is 29.3 Å². The van der Waals surface area contributed by atoms with E-state index in [-0.39, 0.29) is 10.8 Å². The van der Waals surface area contributed by atoms with Crippen LogP contribution in [0.4, 0.5) is 4.39 Å². The SMILES string of the molecule is NC(=S)c1cc(CN2Cc3ccccc3C2)ccc1F. The molecule has 0 unspecified atom stereocenters. The largest absolute Gasteiger partial charge is 0.389 e. The maximum Gasteiger partial charge on any atom is 0.133 e. The first-order chi connectivity index (χ1) is 9.63. The van der Waals surface area contributed by atoms with Crippen molar-refractivity contribution in [1.82, 2.24) is 4.90 Å². The predicted molar refractivity (Wildman–Crippen MR) is 81.7 cm³/mol. The second kappa shape index (κ2) is 5.31. The van der Waals surface area contributed by atoms with Gasteiger partial charge in [0.15, 0.2) is 0 Å². The monoisotopic (exact) mass is 286 g/mol. The van der Waals surface area contributed by atoms with Crippen LogP contribution in [0.5, 0.6) is 0 Å². The minimum absolute atomic E-state index is 0.106. The fourth-order valence-electron chi connectivity index (χ4n) is 2.63. The maximum atomic E-state index is 13.6. The molecular weight excluding hydrogens is 271 g/mol. The van der Waals surface area contributed by atoms with Crippen molar-refractivity contribution in [2.75, 3.05) is 0 Å². The molecule has 0 aromatic heterocycles. The number of thiocarbonyl (C=S) groups is 1. The van der Waals surface area contributed by atoms with E-state index >= 15 is 0 Å². The van der Waals surface area contributed by atoms with Crippen molar-refractivity contribution in [3.05, 3.63) is 70.5 Å². The highest BCUT2D eigenvalue weighted by Crippen LogP contribution is 2.24. The molecule has 2 N–H and O–H groups in total. The van der Waals surface area contributed by atoms with Crippen LogP contribution >= 0.6 is 12.2 Å². The first kappa shape index (κ1) is 13.2. The second-order valence-electron chi connectivity index (χ2n) is 5.09. The number of rotatable bonds is 3. The van der Waals surface area contributed by atoms with Gasteiger partial charge in [0.2, 0.25) is 0 Å². The molecule has 0 fully saturated rings. The van der Waals surface area contributed by atoms with Gasteiger partial charge >= 0.3 is 0 Å². The minimum atomic E-state index is -0.356. The summed E-state index contributed by atoms with van der Waals surface area (Å²) in [6, 6.07) is 13.4. The molecule has 20 heavy (non-hydrogen) atoms. The van der Waals surface area contributed by atoms with Gasteiger partial charge < -0.3 is 5.73 Å². The summed E-state index contributed by atoms with van der Waals surface area (Å²) in [5.41, 5.74) is 9.63. The van der Waals surface area contributed by atoms with Crippen LogP contribution in [0.1, 0.15) is 22.3 Å². The van der Waals surface area contributed by atoms with Gasteiger partial charge in [-0.3, -0.25) is 4.90 Å². The summed E-state index contributed by atoms with van der Waals surface area (Å²) in [6.07, 6.45) is 0. The lowest BCUT2D eigenvalue weighted by Crippen LogP contribution is -2.17. The first-order valence-corrected chi connectivity index (χ1v) is 6.91. The highest BCUT2D eigenvalue weighted by atomic mass is 32.1. The van der Waals surface area contributed by atoms with E-state index in [0.29, 0.717) is 5.56 Å². The third kappa shape index (κ3) is 2.57. The molecule has 4 heteroatoms. The molecule has 1 heterocycles. The quantitative estimate of drug-likeness (QED) is 0.880. The Morgan fingerprint density at radius 1 is 1.15 bits per heavy atom. The van der Waals surface area contributed by atoms with Gasteiger partial charge in [0, 0.05) is 25.2 Å². The Morgan fingerprint density at radius 2 is 1.80 bits per heavy atom. The molecule has 1 aliphatic heterocycles. The van der Waals surface area contributed by atoms with Crippen LogP contribution in [-0.4, -0.2) is 9.89 Å². The predicted octanol–water partition coefficient (Wildman–Crippen LogP) is 2.98. The summed E-state index contributed by atoms with van der Waals surface area (Å²) in [4.78, 5) is 2.43. The van der Waals surface area contributed by atoms with Crippen molar-refractivity contribution in [2.45, 2.75) is 19.6 Å². The molecule has 2 aromatic rings. The summed E-state index contributed by atoms with van der Waals surface area (Å²) in [7, 11) is 0. The first-order valence-electron chi connectivity index (χ1n) is 6.51. The number of nitrogens with zero attached hydrogens (tertiary/aromatic N) is 1. The van der Waals surface area contributed by atoms with E-state index < -0.39 is 0 Å². The second-order valence-corrected chi connectivity index (χ2v) is 5.53. The highest BCUT2D eigenvalue weighted by Gasteiger charge is 2.18. The van der Waals surface area contributed by atoms with Crippen molar-refractivity contribution in [1.29, 1.82) is 0 Å². The smallest absolute Gasteiger partial charge is 0.133 e. The molecule has 0 saturated heterocycles. The highest BCUT2D eigenvalue weighted by molar-refractivity contribution is 7.80. The zero-order valence-corrected chi connectivity index (χ0v) is 11.8. The van der Waals surface area contributed by atoms with Crippen LogP contribution in [0, 0.1) is 5.82 Å². The van der Waals surface area contributed by atoms with Gasteiger partial charge in [-0.05, 0) is 28.8 Å². The van der Waals surface area contributed by atoms with Gasteiger partial charge in [0.1, 0.15) is 10.8 Å². The molecule has 0 radical (unpaired) electrons. The zero-order valence-electron chi connectivity index (χ0n) is 11.0. The molecule has 0 aliphatic carbocycles. The van der Waals surface area contributed by atoms with E-state index in [1.165, 1.54) is 17.2 Å². The van der Waals surface area contributed by atoms with Crippen LogP contribution in [0.2, 0.25) is 0 Å². The average molecular weight is 286 g/mol. The van der Waals surface area contributed by atoms with Gasteiger partial charge in [0.25, 0.3) is 0 Å². The van der Waals surface area contributed by atoms with E-state index in [1.807, 2.05) is 0 Å². The van der Waals surface area contributed by atoms with Crippen molar-refractivity contribution in [2.24, 2.45) is 5.73 Å². The van der Waals surface area contributed by atoms with Gasteiger partial charge in [-0.1, -0.05) is 42.5 Å². The molecule has 2 aromatic carbocycles. The Morgan fingerprint density at radius 3 is 2.40 bits per heavy atom. The van der Waals surface area contributed by atoms with E-state index in [2.05, 4.69) is 29.2 Å². The van der Waals surface area contributed by atoms with Crippen molar-refractivity contribution in [3.8, 4) is 0 Å². The summed E-state index contributed by atoms with van der Waals surface area (Å²) >= 11 is 4.87. The normalized spacial score (nSPS) is 14.2. The van der Waals surface area contributed by atoms with E-state index in [9.17, 15) is 4.39 Å². The lowest BCUT2D eigenvalue weighted by molar-refractivity contribution is 0.275. The van der Waals surface area contributed by atoms with Crippen molar-refractivity contribution in [3.63, 3.8) is 0 Å².